The van der Waals surface area contributed by atoms with Gasteiger partial charge >= 0.3 is 0 Å². The minimum atomic E-state index is -0.988. The summed E-state index contributed by atoms with van der Waals surface area (Å²) >= 11 is 3.14. The highest BCUT2D eigenvalue weighted by molar-refractivity contribution is 9.10. The van der Waals surface area contributed by atoms with Gasteiger partial charge in [0, 0.05) is 25.6 Å². The Hall–Kier alpha value is -2.55. The van der Waals surface area contributed by atoms with Crippen molar-refractivity contribution >= 4 is 39.6 Å². The van der Waals surface area contributed by atoms with E-state index in [0.717, 1.165) is 16.0 Å². The van der Waals surface area contributed by atoms with Gasteiger partial charge in [-0.15, -0.1) is 0 Å². The van der Waals surface area contributed by atoms with E-state index in [4.69, 9.17) is 0 Å². The summed E-state index contributed by atoms with van der Waals surface area (Å²) in [7, 11) is 0. The lowest BCUT2D eigenvalue weighted by Gasteiger charge is -2.29. The first-order valence-corrected chi connectivity index (χ1v) is 8.79. The van der Waals surface area contributed by atoms with Crippen LogP contribution in [0, 0.1) is 5.82 Å². The molecule has 1 N–H and O–H groups in total. The average Bonchev–Trinajstić information content (AvgIpc) is 3.09. The zero-order valence-corrected chi connectivity index (χ0v) is 15.0. The molecule has 1 saturated heterocycles. The third-order valence-corrected chi connectivity index (χ3v) is 5.37. The number of carbonyl (C=O) groups is 4. The molecule has 1 aromatic carbocycles. The van der Waals surface area contributed by atoms with Crippen LogP contribution in [0.4, 0.5) is 4.39 Å². The Kier molecular flexibility index (Phi) is 3.91. The van der Waals surface area contributed by atoms with Crippen molar-refractivity contribution in [1.82, 2.24) is 15.1 Å². The van der Waals surface area contributed by atoms with E-state index in [-0.39, 0.29) is 18.5 Å². The van der Waals surface area contributed by atoms with Crippen LogP contribution in [-0.2, 0) is 32.3 Å². The van der Waals surface area contributed by atoms with Gasteiger partial charge in [0.1, 0.15) is 17.6 Å². The van der Waals surface area contributed by atoms with Gasteiger partial charge in [-0.1, -0.05) is 0 Å². The van der Waals surface area contributed by atoms with E-state index in [1.54, 1.807) is 11.0 Å². The molecule has 0 aromatic heterocycles. The zero-order valence-electron chi connectivity index (χ0n) is 13.4. The van der Waals surface area contributed by atoms with Gasteiger partial charge in [-0.25, -0.2) is 4.39 Å². The SMILES string of the molecule is O=C1CCC(N2C(=O)C=C(N3Cc4cc(F)c(Br)cc4C3)C2=O)C(=O)N1. The Bertz CT molecular complexity index is 883. The number of benzene rings is 1. The molecule has 134 valence electrons. The lowest BCUT2D eigenvalue weighted by molar-refractivity contribution is -0.150. The minimum absolute atomic E-state index is 0.0747. The third kappa shape index (κ3) is 2.63. The van der Waals surface area contributed by atoms with Crippen molar-refractivity contribution in [1.29, 1.82) is 0 Å². The zero-order chi connectivity index (χ0) is 18.6. The Morgan fingerprint density at radius 3 is 2.50 bits per heavy atom. The summed E-state index contributed by atoms with van der Waals surface area (Å²) in [5.41, 5.74) is 1.78. The van der Waals surface area contributed by atoms with Crippen molar-refractivity contribution < 1.29 is 23.6 Å². The first kappa shape index (κ1) is 16.9. The molecule has 3 heterocycles. The second kappa shape index (κ2) is 6.01. The van der Waals surface area contributed by atoms with Gasteiger partial charge in [-0.2, -0.15) is 0 Å². The molecule has 0 radical (unpaired) electrons. The molecule has 3 aliphatic rings. The number of carbonyl (C=O) groups excluding carboxylic acids is 4. The molecule has 0 spiro atoms. The van der Waals surface area contributed by atoms with Crippen LogP contribution < -0.4 is 5.32 Å². The molecular weight excluding hydrogens is 409 g/mol. The molecule has 1 atom stereocenters. The Balaban J connectivity index is 1.55. The molecule has 9 heteroatoms. The van der Waals surface area contributed by atoms with Gasteiger partial charge in [-0.05, 0) is 45.6 Å². The predicted molar refractivity (Wildman–Crippen MR) is 89.5 cm³/mol. The highest BCUT2D eigenvalue weighted by atomic mass is 79.9. The molecule has 1 fully saturated rings. The molecule has 1 unspecified atom stereocenters. The summed E-state index contributed by atoms with van der Waals surface area (Å²) < 4.78 is 14.1. The van der Waals surface area contributed by atoms with Crippen LogP contribution in [0.2, 0.25) is 0 Å². The maximum absolute atomic E-state index is 13.7. The number of piperidine rings is 1. The van der Waals surface area contributed by atoms with Gasteiger partial charge < -0.3 is 4.90 Å². The lowest BCUT2D eigenvalue weighted by Crippen LogP contribution is -2.54. The van der Waals surface area contributed by atoms with Crippen molar-refractivity contribution in [2.24, 2.45) is 0 Å². The van der Waals surface area contributed by atoms with E-state index < -0.39 is 35.5 Å². The largest absolute Gasteiger partial charge is 0.358 e. The molecule has 0 saturated carbocycles. The number of hydrogen-bond acceptors (Lipinski definition) is 5. The normalized spacial score (nSPS) is 22.7. The average molecular weight is 422 g/mol. The molecule has 7 nitrogen and oxygen atoms in total. The molecule has 0 aliphatic carbocycles. The summed E-state index contributed by atoms with van der Waals surface area (Å²) in [4.78, 5) is 51.0. The number of imide groups is 2. The lowest BCUT2D eigenvalue weighted by atomic mass is 10.0. The summed E-state index contributed by atoms with van der Waals surface area (Å²) in [6.45, 7) is 0.663. The Morgan fingerprint density at radius 1 is 1.12 bits per heavy atom. The second-order valence-electron chi connectivity index (χ2n) is 6.40. The van der Waals surface area contributed by atoms with Crippen LogP contribution in [0.1, 0.15) is 24.0 Å². The number of nitrogens with one attached hydrogen (secondary N) is 1. The van der Waals surface area contributed by atoms with Crippen LogP contribution >= 0.6 is 15.9 Å². The highest BCUT2D eigenvalue weighted by Gasteiger charge is 2.44. The van der Waals surface area contributed by atoms with Crippen molar-refractivity contribution in [3.05, 3.63) is 45.3 Å². The first-order chi connectivity index (χ1) is 12.3. The molecular formula is C17H13BrFN3O4. The fraction of sp³-hybridized carbons (Fsp3) is 0.294. The highest BCUT2D eigenvalue weighted by Crippen LogP contribution is 2.33. The van der Waals surface area contributed by atoms with Crippen molar-refractivity contribution in [3.63, 3.8) is 0 Å². The summed E-state index contributed by atoms with van der Waals surface area (Å²) in [5.74, 6) is -2.60. The number of rotatable bonds is 2. The maximum atomic E-state index is 13.7. The molecule has 4 amide bonds. The number of nitrogens with zero attached hydrogens (tertiary/aromatic N) is 2. The van der Waals surface area contributed by atoms with Crippen LogP contribution in [0.25, 0.3) is 0 Å². The topological polar surface area (TPSA) is 86.8 Å². The van der Waals surface area contributed by atoms with Crippen LogP contribution in [0.15, 0.2) is 28.4 Å². The Morgan fingerprint density at radius 2 is 1.81 bits per heavy atom. The summed E-state index contributed by atoms with van der Waals surface area (Å²) in [6, 6.07) is 2.07. The summed E-state index contributed by atoms with van der Waals surface area (Å²) in [6.07, 6.45) is 1.39. The fourth-order valence-corrected chi connectivity index (χ4v) is 3.87. The molecule has 4 rings (SSSR count). The first-order valence-electron chi connectivity index (χ1n) is 8.00. The number of halogens is 2. The van der Waals surface area contributed by atoms with Gasteiger partial charge in [0.05, 0.1) is 4.47 Å². The van der Waals surface area contributed by atoms with Crippen LogP contribution in [0.3, 0.4) is 0 Å². The van der Waals surface area contributed by atoms with Gasteiger partial charge in [0.25, 0.3) is 11.8 Å². The van der Waals surface area contributed by atoms with Crippen molar-refractivity contribution in [2.75, 3.05) is 0 Å². The van der Waals surface area contributed by atoms with Crippen molar-refractivity contribution in [2.45, 2.75) is 32.0 Å². The van der Waals surface area contributed by atoms with E-state index in [0.29, 0.717) is 17.6 Å². The predicted octanol–water partition coefficient (Wildman–Crippen LogP) is 0.962. The molecule has 0 bridgehead atoms. The molecule has 26 heavy (non-hydrogen) atoms. The number of fused-ring (bicyclic) bond motifs is 1. The Labute approximate surface area is 155 Å². The van der Waals surface area contributed by atoms with E-state index in [1.165, 1.54) is 12.1 Å². The van der Waals surface area contributed by atoms with Gasteiger partial charge in [-0.3, -0.25) is 29.4 Å². The number of amides is 4. The molecule has 3 aliphatic heterocycles. The second-order valence-corrected chi connectivity index (χ2v) is 7.26. The minimum Gasteiger partial charge on any atom is -0.358 e. The maximum Gasteiger partial charge on any atom is 0.277 e. The van der Waals surface area contributed by atoms with Gasteiger partial charge in [0.2, 0.25) is 11.8 Å². The monoisotopic (exact) mass is 421 g/mol. The molecule has 1 aromatic rings. The standard InChI is InChI=1S/C17H13BrFN3O4/c18-10-3-8-6-21(7-9(8)4-11(10)19)13-5-15(24)22(17(13)26)12-1-2-14(23)20-16(12)25/h3-5,12H,1-2,6-7H2,(H,20,23,25). The van der Waals surface area contributed by atoms with Crippen LogP contribution in [-0.4, -0.2) is 39.5 Å². The van der Waals surface area contributed by atoms with Crippen molar-refractivity contribution in [3.8, 4) is 0 Å². The summed E-state index contributed by atoms with van der Waals surface area (Å²) in [5, 5.41) is 2.15. The number of hydrogen-bond donors (Lipinski definition) is 1. The fourth-order valence-electron chi connectivity index (χ4n) is 3.48. The smallest absolute Gasteiger partial charge is 0.277 e. The quantitative estimate of drug-likeness (QED) is 0.718. The van der Waals surface area contributed by atoms with E-state index in [1.807, 2.05) is 0 Å². The van der Waals surface area contributed by atoms with E-state index in [2.05, 4.69) is 21.2 Å². The van der Waals surface area contributed by atoms with Gasteiger partial charge in [0.15, 0.2) is 0 Å². The van der Waals surface area contributed by atoms with E-state index >= 15 is 0 Å². The van der Waals surface area contributed by atoms with Crippen LogP contribution in [0.5, 0.6) is 0 Å². The third-order valence-electron chi connectivity index (χ3n) is 4.76. The van der Waals surface area contributed by atoms with E-state index in [9.17, 15) is 23.6 Å².